The number of aryl methyl sites for hydroxylation is 2. The molecule has 3 rings (SSSR count). The van der Waals surface area contributed by atoms with Crippen LogP contribution in [0.3, 0.4) is 0 Å². The largest absolute Gasteiger partial charge is 0.357 e. The van der Waals surface area contributed by atoms with Crippen LogP contribution in [0.5, 0.6) is 0 Å². The fourth-order valence-corrected chi connectivity index (χ4v) is 4.70. The lowest BCUT2D eigenvalue weighted by Gasteiger charge is -2.31. The first kappa shape index (κ1) is 24.6. The second-order valence-corrected chi connectivity index (χ2v) is 9.23. The summed E-state index contributed by atoms with van der Waals surface area (Å²) in [7, 11) is 1.63. The van der Waals surface area contributed by atoms with Crippen molar-refractivity contribution in [2.45, 2.75) is 38.6 Å². The zero-order valence-corrected chi connectivity index (χ0v) is 20.4. The molecule has 2 amide bonds. The van der Waals surface area contributed by atoms with Crippen LogP contribution in [-0.2, 0) is 28.3 Å². The van der Waals surface area contributed by atoms with E-state index in [4.69, 9.17) is 0 Å². The Balaban J connectivity index is 1.80. The number of thioether (sulfide) groups is 1. The van der Waals surface area contributed by atoms with Crippen molar-refractivity contribution < 1.29 is 9.59 Å². The molecule has 0 aliphatic carbocycles. The summed E-state index contributed by atoms with van der Waals surface area (Å²) in [6, 6.07) is 25.7. The van der Waals surface area contributed by atoms with E-state index >= 15 is 0 Å². The molecule has 0 aliphatic heterocycles. The van der Waals surface area contributed by atoms with Gasteiger partial charge in [-0.25, -0.2) is 0 Å². The molecule has 0 aliphatic rings. The lowest BCUT2D eigenvalue weighted by molar-refractivity contribution is -0.139. The van der Waals surface area contributed by atoms with E-state index in [1.807, 2.05) is 73.7 Å². The zero-order valence-electron chi connectivity index (χ0n) is 19.6. The molecular weight excluding hydrogens is 428 g/mol. The number of hydrogen-bond acceptors (Lipinski definition) is 3. The summed E-state index contributed by atoms with van der Waals surface area (Å²) < 4.78 is 0. The molecule has 1 N–H and O–H groups in total. The van der Waals surface area contributed by atoms with Crippen LogP contribution in [0.1, 0.15) is 27.8 Å². The lowest BCUT2D eigenvalue weighted by atomic mass is 10.0. The fraction of sp³-hybridized carbons (Fsp3) is 0.286. The van der Waals surface area contributed by atoms with E-state index in [2.05, 4.69) is 24.4 Å². The number of amides is 2. The second-order valence-electron chi connectivity index (χ2n) is 8.25. The van der Waals surface area contributed by atoms with Crippen molar-refractivity contribution >= 4 is 23.6 Å². The maximum atomic E-state index is 13.5. The van der Waals surface area contributed by atoms with Crippen LogP contribution in [0.2, 0.25) is 0 Å². The van der Waals surface area contributed by atoms with Gasteiger partial charge < -0.3 is 10.2 Å². The third kappa shape index (κ3) is 7.22. The van der Waals surface area contributed by atoms with Gasteiger partial charge in [0.2, 0.25) is 11.8 Å². The molecule has 33 heavy (non-hydrogen) atoms. The highest BCUT2D eigenvalue weighted by Gasteiger charge is 2.29. The van der Waals surface area contributed by atoms with Gasteiger partial charge in [0.15, 0.2) is 0 Å². The molecule has 0 aromatic heterocycles. The molecular formula is C28H32N2O2S. The molecule has 0 spiro atoms. The van der Waals surface area contributed by atoms with Gasteiger partial charge >= 0.3 is 0 Å². The molecule has 1 atom stereocenters. The molecule has 0 heterocycles. The summed E-state index contributed by atoms with van der Waals surface area (Å²) >= 11 is 1.59. The van der Waals surface area contributed by atoms with Gasteiger partial charge in [-0.2, -0.15) is 0 Å². The third-order valence-electron chi connectivity index (χ3n) is 5.74. The van der Waals surface area contributed by atoms with Crippen LogP contribution in [0, 0.1) is 13.8 Å². The highest BCUT2D eigenvalue weighted by Crippen LogP contribution is 2.20. The van der Waals surface area contributed by atoms with Crippen molar-refractivity contribution in [3.8, 4) is 0 Å². The molecule has 0 radical (unpaired) electrons. The summed E-state index contributed by atoms with van der Waals surface area (Å²) in [5, 5.41) is 2.77. The summed E-state index contributed by atoms with van der Waals surface area (Å²) in [4.78, 5) is 28.1. The Morgan fingerprint density at radius 1 is 0.879 bits per heavy atom. The minimum atomic E-state index is -0.578. The minimum Gasteiger partial charge on any atom is -0.357 e. The molecule has 0 fully saturated rings. The van der Waals surface area contributed by atoms with Gasteiger partial charge in [0.1, 0.15) is 6.04 Å². The molecule has 1 unspecified atom stereocenters. The molecule has 4 nitrogen and oxygen atoms in total. The Kier molecular flexibility index (Phi) is 9.14. The Labute approximate surface area is 201 Å². The molecule has 5 heteroatoms. The molecule has 0 saturated heterocycles. The fourth-order valence-electron chi connectivity index (χ4n) is 3.71. The first-order chi connectivity index (χ1) is 16.0. The van der Waals surface area contributed by atoms with E-state index in [1.165, 1.54) is 11.1 Å². The van der Waals surface area contributed by atoms with Crippen molar-refractivity contribution in [1.82, 2.24) is 10.2 Å². The van der Waals surface area contributed by atoms with E-state index in [1.54, 1.807) is 23.7 Å². The topological polar surface area (TPSA) is 49.4 Å². The first-order valence-corrected chi connectivity index (χ1v) is 12.4. The van der Waals surface area contributed by atoms with Gasteiger partial charge in [-0.05, 0) is 36.1 Å². The number of nitrogens with one attached hydrogen (secondary N) is 1. The Morgan fingerprint density at radius 3 is 2.21 bits per heavy atom. The van der Waals surface area contributed by atoms with Gasteiger partial charge in [-0.1, -0.05) is 84.4 Å². The number of benzene rings is 3. The van der Waals surface area contributed by atoms with Crippen molar-refractivity contribution in [2.75, 3.05) is 12.8 Å². The normalized spacial score (nSPS) is 11.6. The highest BCUT2D eigenvalue weighted by molar-refractivity contribution is 7.99. The monoisotopic (exact) mass is 460 g/mol. The van der Waals surface area contributed by atoms with Crippen LogP contribution in [0.4, 0.5) is 0 Å². The van der Waals surface area contributed by atoms with Crippen LogP contribution < -0.4 is 5.32 Å². The summed E-state index contributed by atoms with van der Waals surface area (Å²) in [5.74, 6) is 0.907. The van der Waals surface area contributed by atoms with Crippen molar-refractivity contribution in [3.05, 3.63) is 107 Å². The summed E-state index contributed by atoms with van der Waals surface area (Å²) in [6.45, 7) is 4.52. The quantitative estimate of drug-likeness (QED) is 0.467. The van der Waals surface area contributed by atoms with E-state index < -0.39 is 6.04 Å². The number of likely N-dealkylation sites (N-methyl/N-ethyl adjacent to an activating group) is 1. The highest BCUT2D eigenvalue weighted by atomic mass is 32.2. The average molecular weight is 461 g/mol. The minimum absolute atomic E-state index is 0.0290. The Hall–Kier alpha value is -3.05. The maximum absolute atomic E-state index is 13.5. The van der Waals surface area contributed by atoms with Crippen molar-refractivity contribution in [3.63, 3.8) is 0 Å². The molecule has 172 valence electrons. The van der Waals surface area contributed by atoms with Crippen molar-refractivity contribution in [1.29, 1.82) is 0 Å². The summed E-state index contributed by atoms with van der Waals surface area (Å²) in [6.07, 6.45) is 0.473. The van der Waals surface area contributed by atoms with E-state index in [0.717, 1.165) is 22.4 Å². The van der Waals surface area contributed by atoms with Gasteiger partial charge in [0.05, 0.1) is 5.75 Å². The number of nitrogens with zero attached hydrogens (tertiary/aromatic N) is 1. The van der Waals surface area contributed by atoms with Gasteiger partial charge in [0.25, 0.3) is 0 Å². The Bertz CT molecular complexity index is 1050. The molecule has 3 aromatic carbocycles. The molecule has 3 aromatic rings. The number of hydrogen-bond donors (Lipinski definition) is 1. The number of carbonyl (C=O) groups is 2. The van der Waals surface area contributed by atoms with Gasteiger partial charge in [-0.3, -0.25) is 9.59 Å². The van der Waals surface area contributed by atoms with E-state index in [9.17, 15) is 9.59 Å². The summed E-state index contributed by atoms with van der Waals surface area (Å²) in [5.41, 5.74) is 5.66. The smallest absolute Gasteiger partial charge is 0.242 e. The SMILES string of the molecule is CNC(=O)C(Cc1ccccc1)N(Cc1ccc(C)cc1)C(=O)CSCc1ccccc1C. The van der Waals surface area contributed by atoms with Crippen LogP contribution in [0.25, 0.3) is 0 Å². The third-order valence-corrected chi connectivity index (χ3v) is 6.70. The van der Waals surface area contributed by atoms with Gasteiger partial charge in [0, 0.05) is 25.8 Å². The molecule has 0 bridgehead atoms. The van der Waals surface area contributed by atoms with E-state index in [-0.39, 0.29) is 11.8 Å². The van der Waals surface area contributed by atoms with Crippen molar-refractivity contribution in [2.24, 2.45) is 0 Å². The maximum Gasteiger partial charge on any atom is 0.242 e. The predicted molar refractivity (Wildman–Crippen MR) is 137 cm³/mol. The average Bonchev–Trinajstić information content (AvgIpc) is 2.83. The first-order valence-electron chi connectivity index (χ1n) is 11.2. The van der Waals surface area contributed by atoms with Crippen LogP contribution in [0.15, 0.2) is 78.9 Å². The number of rotatable bonds is 10. The lowest BCUT2D eigenvalue weighted by Crippen LogP contribution is -2.50. The van der Waals surface area contributed by atoms with Gasteiger partial charge in [-0.15, -0.1) is 11.8 Å². The zero-order chi connectivity index (χ0) is 23.6. The standard InChI is InChI=1S/C28H32N2O2S/c1-21-13-15-24(16-14-21)18-30(26(28(32)29-3)17-23-10-5-4-6-11-23)27(31)20-33-19-25-12-8-7-9-22(25)2/h4-16,26H,17-20H2,1-3H3,(H,29,32). The number of carbonyl (C=O) groups excluding carboxylic acids is 2. The Morgan fingerprint density at radius 2 is 1.55 bits per heavy atom. The van der Waals surface area contributed by atoms with Crippen LogP contribution >= 0.6 is 11.8 Å². The van der Waals surface area contributed by atoms with Crippen LogP contribution in [-0.4, -0.2) is 35.6 Å². The van der Waals surface area contributed by atoms with E-state index in [0.29, 0.717) is 18.7 Å². The molecule has 0 saturated carbocycles. The predicted octanol–water partition coefficient (Wildman–Crippen LogP) is 4.92. The second kappa shape index (κ2) is 12.3.